The van der Waals surface area contributed by atoms with Gasteiger partial charge in [-0.05, 0) is 18.6 Å². The molecule has 3 N–H and O–H groups in total. The maximum atomic E-state index is 7.59. The van der Waals surface area contributed by atoms with E-state index in [2.05, 4.69) is 10.1 Å². The molecule has 0 amide bonds. The Morgan fingerprint density at radius 2 is 2.29 bits per heavy atom. The summed E-state index contributed by atoms with van der Waals surface area (Å²) in [5, 5.41) is 12.4. The van der Waals surface area contributed by atoms with E-state index in [1.54, 1.807) is 17.1 Å². The van der Waals surface area contributed by atoms with Gasteiger partial charge in [0.05, 0.1) is 16.7 Å². The summed E-state index contributed by atoms with van der Waals surface area (Å²) in [4.78, 5) is 5.25. The normalized spacial score (nSPS) is 10.5. The van der Waals surface area contributed by atoms with E-state index in [4.69, 9.17) is 11.1 Å². The summed E-state index contributed by atoms with van der Waals surface area (Å²) >= 11 is 1.46. The Hall–Kier alpha value is -1.82. The molecule has 0 aliphatic carbocycles. The van der Waals surface area contributed by atoms with Crippen LogP contribution in [0.25, 0.3) is 0 Å². The molecule has 0 aromatic carbocycles. The Kier molecular flexibility index (Phi) is 3.14. The Balaban J connectivity index is 2.39. The highest BCUT2D eigenvalue weighted by Crippen LogP contribution is 2.29. The van der Waals surface area contributed by atoms with Gasteiger partial charge in [0, 0.05) is 19.4 Å². The van der Waals surface area contributed by atoms with Crippen molar-refractivity contribution in [3.05, 3.63) is 35.8 Å². The van der Waals surface area contributed by atoms with Crippen LogP contribution in [0.2, 0.25) is 0 Å². The first-order chi connectivity index (χ1) is 8.08. The van der Waals surface area contributed by atoms with Crippen LogP contribution in [0.15, 0.2) is 34.6 Å². The largest absolute Gasteiger partial charge is 0.384 e. The topological polar surface area (TPSA) is 80.6 Å². The lowest BCUT2D eigenvalue weighted by Crippen LogP contribution is -2.14. The standard InChI is InChI=1S/C11H13N5S/c1-7-3-4-14-11(9(7)10(12)13)17-8-5-15-16(2)6-8/h3-6H,1-2H3,(H3,12,13). The van der Waals surface area contributed by atoms with Crippen LogP contribution in [0.4, 0.5) is 0 Å². The lowest BCUT2D eigenvalue weighted by atomic mass is 10.1. The van der Waals surface area contributed by atoms with Crippen molar-refractivity contribution >= 4 is 17.6 Å². The number of aromatic nitrogens is 3. The fourth-order valence-electron chi connectivity index (χ4n) is 1.50. The van der Waals surface area contributed by atoms with Gasteiger partial charge in [-0.1, -0.05) is 11.8 Å². The van der Waals surface area contributed by atoms with Gasteiger partial charge in [-0.25, -0.2) is 4.98 Å². The van der Waals surface area contributed by atoms with E-state index < -0.39 is 0 Å². The van der Waals surface area contributed by atoms with Crippen LogP contribution in [0, 0.1) is 12.3 Å². The zero-order chi connectivity index (χ0) is 12.4. The molecule has 2 rings (SSSR count). The number of pyridine rings is 1. The van der Waals surface area contributed by atoms with Crippen molar-refractivity contribution in [2.75, 3.05) is 0 Å². The highest BCUT2D eigenvalue weighted by molar-refractivity contribution is 7.99. The average molecular weight is 247 g/mol. The van der Waals surface area contributed by atoms with E-state index in [-0.39, 0.29) is 5.84 Å². The molecule has 0 saturated carbocycles. The third-order valence-electron chi connectivity index (χ3n) is 2.29. The van der Waals surface area contributed by atoms with E-state index in [9.17, 15) is 0 Å². The van der Waals surface area contributed by atoms with E-state index in [1.165, 1.54) is 11.8 Å². The van der Waals surface area contributed by atoms with Crippen LogP contribution in [0.3, 0.4) is 0 Å². The molecule has 0 bridgehead atoms. The third kappa shape index (κ3) is 2.47. The molecule has 0 fully saturated rings. The number of nitrogens with zero attached hydrogens (tertiary/aromatic N) is 3. The molecule has 0 radical (unpaired) electrons. The predicted octanol–water partition coefficient (Wildman–Crippen LogP) is 1.56. The second-order valence-electron chi connectivity index (χ2n) is 3.67. The second-order valence-corrected chi connectivity index (χ2v) is 4.74. The maximum absolute atomic E-state index is 7.59. The molecule has 6 heteroatoms. The molecule has 0 atom stereocenters. The van der Waals surface area contributed by atoms with Crippen molar-refractivity contribution in [1.29, 1.82) is 5.41 Å². The van der Waals surface area contributed by atoms with Gasteiger partial charge in [0.2, 0.25) is 0 Å². The molecule has 0 aliphatic rings. The zero-order valence-corrected chi connectivity index (χ0v) is 10.5. The van der Waals surface area contributed by atoms with Crippen molar-refractivity contribution < 1.29 is 0 Å². The van der Waals surface area contributed by atoms with Crippen LogP contribution in [-0.4, -0.2) is 20.6 Å². The fraction of sp³-hybridized carbons (Fsp3) is 0.182. The number of rotatable bonds is 3. The minimum atomic E-state index is 0.0435. The Morgan fingerprint density at radius 1 is 1.53 bits per heavy atom. The van der Waals surface area contributed by atoms with Crippen LogP contribution < -0.4 is 5.73 Å². The number of nitrogen functional groups attached to an aromatic ring is 1. The van der Waals surface area contributed by atoms with Gasteiger partial charge in [-0.2, -0.15) is 5.10 Å². The van der Waals surface area contributed by atoms with E-state index in [0.29, 0.717) is 5.56 Å². The molecule has 2 aromatic heterocycles. The van der Waals surface area contributed by atoms with Gasteiger partial charge >= 0.3 is 0 Å². The van der Waals surface area contributed by atoms with Crippen molar-refractivity contribution in [3.63, 3.8) is 0 Å². The fourth-order valence-corrected chi connectivity index (χ4v) is 2.52. The molecule has 5 nitrogen and oxygen atoms in total. The first-order valence-corrected chi connectivity index (χ1v) is 5.86. The van der Waals surface area contributed by atoms with Crippen LogP contribution in [0.5, 0.6) is 0 Å². The predicted molar refractivity (Wildman–Crippen MR) is 67.3 cm³/mol. The summed E-state index contributed by atoms with van der Waals surface area (Å²) < 4.78 is 1.73. The first-order valence-electron chi connectivity index (χ1n) is 5.04. The van der Waals surface area contributed by atoms with Crippen molar-refractivity contribution in [3.8, 4) is 0 Å². The molecule has 2 aromatic rings. The van der Waals surface area contributed by atoms with E-state index >= 15 is 0 Å². The molecular formula is C11H13N5S. The number of hydrogen-bond donors (Lipinski definition) is 2. The number of amidine groups is 1. The summed E-state index contributed by atoms with van der Waals surface area (Å²) in [6.07, 6.45) is 5.39. The average Bonchev–Trinajstić information content (AvgIpc) is 2.63. The maximum Gasteiger partial charge on any atom is 0.125 e. The Labute approximate surface area is 104 Å². The van der Waals surface area contributed by atoms with E-state index in [1.807, 2.05) is 26.2 Å². The van der Waals surface area contributed by atoms with Gasteiger partial charge in [-0.15, -0.1) is 0 Å². The molecule has 0 spiro atoms. The monoisotopic (exact) mass is 247 g/mol. The molecular weight excluding hydrogens is 234 g/mol. The summed E-state index contributed by atoms with van der Waals surface area (Å²) in [5.74, 6) is 0.0435. The highest BCUT2D eigenvalue weighted by Gasteiger charge is 2.12. The Bertz CT molecular complexity index is 561. The smallest absolute Gasteiger partial charge is 0.125 e. The van der Waals surface area contributed by atoms with Gasteiger partial charge in [0.15, 0.2) is 0 Å². The second kappa shape index (κ2) is 4.58. The third-order valence-corrected chi connectivity index (χ3v) is 3.24. The SMILES string of the molecule is Cc1ccnc(Sc2cnn(C)c2)c1C(=N)N. The van der Waals surface area contributed by atoms with Crippen LogP contribution >= 0.6 is 11.8 Å². The van der Waals surface area contributed by atoms with E-state index in [0.717, 1.165) is 15.5 Å². The molecule has 0 saturated heterocycles. The molecule has 0 unspecified atom stereocenters. The summed E-state index contributed by atoms with van der Waals surface area (Å²) in [6.45, 7) is 1.92. The number of nitrogens with two attached hydrogens (primary N) is 1. The summed E-state index contributed by atoms with van der Waals surface area (Å²) in [5.41, 5.74) is 7.24. The number of nitrogens with one attached hydrogen (secondary N) is 1. The lowest BCUT2D eigenvalue weighted by Gasteiger charge is -2.08. The van der Waals surface area contributed by atoms with Crippen molar-refractivity contribution in [2.45, 2.75) is 16.8 Å². The number of aryl methyl sites for hydroxylation is 2. The van der Waals surface area contributed by atoms with Gasteiger partial charge in [-0.3, -0.25) is 10.1 Å². The zero-order valence-electron chi connectivity index (χ0n) is 9.64. The molecule has 0 aliphatic heterocycles. The summed E-state index contributed by atoms with van der Waals surface area (Å²) in [7, 11) is 1.86. The van der Waals surface area contributed by atoms with Gasteiger partial charge in [0.1, 0.15) is 10.9 Å². The highest BCUT2D eigenvalue weighted by atomic mass is 32.2. The van der Waals surface area contributed by atoms with Crippen molar-refractivity contribution in [1.82, 2.24) is 14.8 Å². The van der Waals surface area contributed by atoms with Crippen molar-refractivity contribution in [2.24, 2.45) is 12.8 Å². The van der Waals surface area contributed by atoms with Crippen LogP contribution in [-0.2, 0) is 7.05 Å². The van der Waals surface area contributed by atoms with Gasteiger partial charge < -0.3 is 5.73 Å². The first kappa shape index (κ1) is 11.7. The Morgan fingerprint density at radius 3 is 2.88 bits per heavy atom. The lowest BCUT2D eigenvalue weighted by molar-refractivity contribution is 0.766. The van der Waals surface area contributed by atoms with Crippen LogP contribution in [0.1, 0.15) is 11.1 Å². The molecule has 88 valence electrons. The van der Waals surface area contributed by atoms with Gasteiger partial charge in [0.25, 0.3) is 0 Å². The molecule has 17 heavy (non-hydrogen) atoms. The minimum absolute atomic E-state index is 0.0435. The summed E-state index contributed by atoms with van der Waals surface area (Å²) in [6, 6.07) is 1.85. The minimum Gasteiger partial charge on any atom is -0.384 e. The number of hydrogen-bond acceptors (Lipinski definition) is 4. The molecule has 2 heterocycles. The quantitative estimate of drug-likeness (QED) is 0.637.